The molecule has 9 heteroatoms. The molecule has 2 rings (SSSR count). The first-order valence-electron chi connectivity index (χ1n) is 5.77. The molecule has 2 aromatic rings. The molecule has 0 N–H and O–H groups in total. The number of hydrogen-bond donors (Lipinski definition) is 0. The number of thiophene rings is 1. The molecule has 112 valence electrons. The molecule has 0 fully saturated rings. The van der Waals surface area contributed by atoms with E-state index in [0.717, 1.165) is 9.56 Å². The maximum Gasteiger partial charge on any atom is 0.287 e. The van der Waals surface area contributed by atoms with Crippen molar-refractivity contribution >= 4 is 52.0 Å². The van der Waals surface area contributed by atoms with Gasteiger partial charge in [-0.1, -0.05) is 34.8 Å². The van der Waals surface area contributed by atoms with E-state index >= 15 is 0 Å². The largest absolute Gasteiger partial charge is 0.339 e. The van der Waals surface area contributed by atoms with Crippen molar-refractivity contribution in [3.63, 3.8) is 0 Å². The molecule has 0 aliphatic carbocycles. The van der Waals surface area contributed by atoms with Gasteiger partial charge in [0.25, 0.3) is 5.56 Å². The number of nitrogens with zero attached hydrogens (tertiary/aromatic N) is 3. The zero-order chi connectivity index (χ0) is 15.6. The van der Waals surface area contributed by atoms with Crippen LogP contribution in [0.25, 0.3) is 0 Å². The van der Waals surface area contributed by atoms with Gasteiger partial charge in [-0.15, -0.1) is 11.3 Å². The topological polar surface area (TPSA) is 55.2 Å². The molecule has 0 atom stereocenters. The SMILES string of the molecule is CN(Cc1ccc(Cl)s1)C(=O)Cn1ncc(Cl)c(Cl)c1=O. The van der Waals surface area contributed by atoms with E-state index in [-0.39, 0.29) is 22.5 Å². The highest BCUT2D eigenvalue weighted by molar-refractivity contribution is 7.16. The van der Waals surface area contributed by atoms with Crippen LogP contribution in [0.1, 0.15) is 4.88 Å². The number of halogens is 3. The van der Waals surface area contributed by atoms with Gasteiger partial charge in [0.1, 0.15) is 11.6 Å². The Hall–Kier alpha value is -1.08. The summed E-state index contributed by atoms with van der Waals surface area (Å²) in [5, 5.41) is 3.71. The number of carbonyl (C=O) groups excluding carboxylic acids is 1. The summed E-state index contributed by atoms with van der Waals surface area (Å²) >= 11 is 18.7. The first kappa shape index (κ1) is 16.3. The monoisotopic (exact) mass is 365 g/mol. The molecule has 0 spiro atoms. The van der Waals surface area contributed by atoms with E-state index < -0.39 is 5.56 Å². The van der Waals surface area contributed by atoms with Gasteiger partial charge in [0.05, 0.1) is 22.1 Å². The molecule has 0 unspecified atom stereocenters. The second-order valence-corrected chi connectivity index (χ2v) is 6.81. The average molecular weight is 367 g/mol. The van der Waals surface area contributed by atoms with Crippen molar-refractivity contribution < 1.29 is 4.79 Å². The van der Waals surface area contributed by atoms with E-state index in [1.165, 1.54) is 22.4 Å². The zero-order valence-electron chi connectivity index (χ0n) is 10.8. The number of rotatable bonds is 4. The summed E-state index contributed by atoms with van der Waals surface area (Å²) in [6.45, 7) is 0.206. The lowest BCUT2D eigenvalue weighted by atomic mass is 10.4. The van der Waals surface area contributed by atoms with Crippen molar-refractivity contribution in [1.82, 2.24) is 14.7 Å². The molecule has 2 heterocycles. The van der Waals surface area contributed by atoms with Crippen LogP contribution in [0.3, 0.4) is 0 Å². The van der Waals surface area contributed by atoms with Gasteiger partial charge in [-0.3, -0.25) is 9.59 Å². The van der Waals surface area contributed by atoms with Crippen LogP contribution in [0.15, 0.2) is 23.1 Å². The lowest BCUT2D eigenvalue weighted by Gasteiger charge is -2.16. The number of hydrogen-bond acceptors (Lipinski definition) is 4. The van der Waals surface area contributed by atoms with Crippen molar-refractivity contribution in [3.8, 4) is 0 Å². The second kappa shape index (κ2) is 6.79. The number of likely N-dealkylation sites (N-methyl/N-ethyl adjacent to an activating group) is 1. The Balaban J connectivity index is 2.07. The Morgan fingerprint density at radius 3 is 2.71 bits per heavy atom. The zero-order valence-corrected chi connectivity index (χ0v) is 13.9. The van der Waals surface area contributed by atoms with Crippen LogP contribution in [0.4, 0.5) is 0 Å². The first-order valence-corrected chi connectivity index (χ1v) is 7.73. The maximum atomic E-state index is 12.1. The number of carbonyl (C=O) groups is 1. The minimum atomic E-state index is -0.593. The van der Waals surface area contributed by atoms with Crippen LogP contribution in [-0.4, -0.2) is 27.6 Å². The Bertz CT molecular complexity index is 729. The van der Waals surface area contributed by atoms with E-state index in [2.05, 4.69) is 5.10 Å². The molecule has 2 aromatic heterocycles. The Labute approximate surface area is 139 Å². The fourth-order valence-electron chi connectivity index (χ4n) is 1.57. The van der Waals surface area contributed by atoms with Gasteiger partial charge in [-0.2, -0.15) is 5.10 Å². The molecular formula is C12H10Cl3N3O2S. The molecular weight excluding hydrogens is 357 g/mol. The van der Waals surface area contributed by atoms with E-state index in [1.807, 2.05) is 6.07 Å². The fraction of sp³-hybridized carbons (Fsp3) is 0.250. The summed E-state index contributed by atoms with van der Waals surface area (Å²) in [6.07, 6.45) is 1.23. The molecule has 21 heavy (non-hydrogen) atoms. The van der Waals surface area contributed by atoms with Gasteiger partial charge in [-0.25, -0.2) is 4.68 Å². The second-order valence-electron chi connectivity index (χ2n) is 4.22. The predicted octanol–water partition coefficient (Wildman–Crippen LogP) is 2.92. The average Bonchev–Trinajstić information content (AvgIpc) is 2.84. The van der Waals surface area contributed by atoms with Gasteiger partial charge in [0, 0.05) is 11.9 Å². The van der Waals surface area contributed by atoms with Crippen molar-refractivity contribution in [3.05, 3.63) is 47.9 Å². The standard InChI is InChI=1S/C12H10Cl3N3O2S/c1-17(5-7-2-3-9(14)21-7)10(19)6-18-12(20)11(15)8(13)4-16-18/h2-4H,5-6H2,1H3. The summed E-state index contributed by atoms with van der Waals surface area (Å²) < 4.78 is 1.64. The number of amides is 1. The van der Waals surface area contributed by atoms with Gasteiger partial charge in [-0.05, 0) is 12.1 Å². The molecule has 0 saturated heterocycles. The first-order chi connectivity index (χ1) is 9.88. The minimum absolute atomic E-state index is 0.0620. The lowest BCUT2D eigenvalue weighted by Crippen LogP contribution is -2.34. The highest BCUT2D eigenvalue weighted by atomic mass is 35.5. The Morgan fingerprint density at radius 2 is 2.10 bits per heavy atom. The van der Waals surface area contributed by atoms with Crippen molar-refractivity contribution in [1.29, 1.82) is 0 Å². The summed E-state index contributed by atoms with van der Waals surface area (Å²) in [5.41, 5.74) is -0.593. The van der Waals surface area contributed by atoms with Crippen LogP contribution >= 0.6 is 46.1 Å². The summed E-state index contributed by atoms with van der Waals surface area (Å²) in [6, 6.07) is 3.62. The van der Waals surface area contributed by atoms with Gasteiger partial charge >= 0.3 is 0 Å². The third-order valence-electron chi connectivity index (χ3n) is 2.67. The molecule has 0 aliphatic rings. The van der Waals surface area contributed by atoms with E-state index in [4.69, 9.17) is 34.8 Å². The third kappa shape index (κ3) is 3.97. The summed E-state index contributed by atoms with van der Waals surface area (Å²) in [4.78, 5) is 26.3. The van der Waals surface area contributed by atoms with Crippen LogP contribution in [0.2, 0.25) is 14.4 Å². The van der Waals surface area contributed by atoms with Crippen molar-refractivity contribution in [2.24, 2.45) is 0 Å². The van der Waals surface area contributed by atoms with E-state index in [0.29, 0.717) is 10.9 Å². The van der Waals surface area contributed by atoms with Crippen molar-refractivity contribution in [2.75, 3.05) is 7.05 Å². The van der Waals surface area contributed by atoms with Crippen LogP contribution < -0.4 is 5.56 Å². The molecule has 1 amide bonds. The molecule has 0 radical (unpaired) electrons. The Kier molecular flexibility index (Phi) is 5.27. The third-order valence-corrected chi connectivity index (χ3v) is 4.64. The van der Waals surface area contributed by atoms with Gasteiger partial charge in [0.2, 0.25) is 5.91 Å². The van der Waals surface area contributed by atoms with Crippen LogP contribution in [-0.2, 0) is 17.9 Å². The smallest absolute Gasteiger partial charge is 0.287 e. The van der Waals surface area contributed by atoms with E-state index in [9.17, 15) is 9.59 Å². The fourth-order valence-corrected chi connectivity index (χ4v) is 2.98. The molecule has 0 bridgehead atoms. The highest BCUT2D eigenvalue weighted by Crippen LogP contribution is 2.22. The van der Waals surface area contributed by atoms with Crippen LogP contribution in [0, 0.1) is 0 Å². The lowest BCUT2D eigenvalue weighted by molar-refractivity contribution is -0.131. The van der Waals surface area contributed by atoms with Crippen molar-refractivity contribution in [2.45, 2.75) is 13.1 Å². The summed E-state index contributed by atoms with van der Waals surface area (Å²) in [5.74, 6) is -0.271. The molecule has 0 aliphatic heterocycles. The minimum Gasteiger partial charge on any atom is -0.339 e. The quantitative estimate of drug-likeness (QED) is 0.836. The maximum absolute atomic E-state index is 12.1. The highest BCUT2D eigenvalue weighted by Gasteiger charge is 2.15. The number of aromatic nitrogens is 2. The Morgan fingerprint density at radius 1 is 1.38 bits per heavy atom. The predicted molar refractivity (Wildman–Crippen MR) is 84.3 cm³/mol. The van der Waals surface area contributed by atoms with E-state index in [1.54, 1.807) is 13.1 Å². The summed E-state index contributed by atoms with van der Waals surface area (Å²) in [7, 11) is 1.64. The molecule has 0 saturated carbocycles. The normalized spacial score (nSPS) is 10.7. The van der Waals surface area contributed by atoms with Gasteiger partial charge in [0.15, 0.2) is 0 Å². The van der Waals surface area contributed by atoms with Gasteiger partial charge < -0.3 is 4.90 Å². The van der Waals surface area contributed by atoms with Crippen LogP contribution in [0.5, 0.6) is 0 Å². The molecule has 5 nitrogen and oxygen atoms in total. The molecule has 0 aromatic carbocycles.